The Bertz CT molecular complexity index is 3350. The fourth-order valence-corrected chi connectivity index (χ4v) is 7.70. The van der Waals surface area contributed by atoms with Gasteiger partial charge in [0.25, 0.3) is 0 Å². The van der Waals surface area contributed by atoms with Crippen LogP contribution in [0.1, 0.15) is 27.8 Å². The number of fused-ring (bicyclic) bond motifs is 7. The maximum absolute atomic E-state index is 10.2. The summed E-state index contributed by atoms with van der Waals surface area (Å²) < 4.78 is 4.11. The molecule has 10 nitrogen and oxygen atoms in total. The number of benzene rings is 5. The summed E-state index contributed by atoms with van der Waals surface area (Å²) in [4.78, 5) is 23.8. The molecule has 0 fully saturated rings. The van der Waals surface area contributed by atoms with Crippen LogP contribution in [0.5, 0.6) is 0 Å². The summed E-state index contributed by atoms with van der Waals surface area (Å²) in [7, 11) is 0. The van der Waals surface area contributed by atoms with Crippen LogP contribution in [0.15, 0.2) is 122 Å². The molecule has 5 heterocycles. The van der Waals surface area contributed by atoms with Crippen molar-refractivity contribution in [3.8, 4) is 29.5 Å². The highest BCUT2D eigenvalue weighted by Gasteiger charge is 2.24. The fourth-order valence-electron chi connectivity index (χ4n) is 7.70. The highest BCUT2D eigenvalue weighted by molar-refractivity contribution is 6.22. The molecule has 0 saturated carbocycles. The lowest BCUT2D eigenvalue weighted by Gasteiger charge is -2.13. The summed E-state index contributed by atoms with van der Waals surface area (Å²) in [5.41, 5.74) is 8.96. The van der Waals surface area contributed by atoms with E-state index in [1.807, 2.05) is 54.6 Å². The molecule has 0 unspecified atom stereocenters. The lowest BCUT2D eigenvalue weighted by molar-refractivity contribution is 0.997. The second kappa shape index (κ2) is 11.5. The van der Waals surface area contributed by atoms with Crippen molar-refractivity contribution in [2.45, 2.75) is 0 Å². The van der Waals surface area contributed by atoms with Crippen molar-refractivity contribution in [3.05, 3.63) is 166 Å². The first-order valence-electron chi connectivity index (χ1n) is 16.8. The van der Waals surface area contributed by atoms with E-state index in [9.17, 15) is 15.8 Å². The smallest absolute Gasteiger partial charge is 0.189 e. The number of aromatic nitrogens is 6. The minimum absolute atomic E-state index is 0.255. The van der Waals surface area contributed by atoms with E-state index in [2.05, 4.69) is 44.0 Å². The zero-order valence-electron chi connectivity index (χ0n) is 28.0. The van der Waals surface area contributed by atoms with E-state index in [1.54, 1.807) is 42.9 Å². The van der Waals surface area contributed by atoms with Crippen LogP contribution in [0.2, 0.25) is 0 Å². The highest BCUT2D eigenvalue weighted by Crippen LogP contribution is 2.38. The third-order valence-electron chi connectivity index (χ3n) is 9.84. The van der Waals surface area contributed by atoms with E-state index in [0.29, 0.717) is 50.2 Å². The summed E-state index contributed by atoms with van der Waals surface area (Å²) in [5.74, 6) is 0. The van der Waals surface area contributed by atoms with E-state index in [4.69, 9.17) is 26.5 Å². The van der Waals surface area contributed by atoms with Gasteiger partial charge in [-0.25, -0.2) is 19.8 Å². The van der Waals surface area contributed by atoms with Gasteiger partial charge < -0.3 is 0 Å². The summed E-state index contributed by atoms with van der Waals surface area (Å²) in [6, 6.07) is 38.7. The Morgan fingerprint density at radius 2 is 1.17 bits per heavy atom. The van der Waals surface area contributed by atoms with Crippen molar-refractivity contribution in [2.24, 2.45) is 0 Å². The maximum Gasteiger partial charge on any atom is 0.189 e. The van der Waals surface area contributed by atoms with E-state index < -0.39 is 0 Å². The SMILES string of the molecule is [C-]#[N+]c1cc(C#N)cc(/C(c2cc(C#N)cc(C#N)c2)=c2\n3c4nccnc4c4cccc(c5cccc6c7nc(-c8ccccc8)cnc7n2c56)c43)c1. The molecule has 246 valence electrons. The van der Waals surface area contributed by atoms with Gasteiger partial charge in [-0.15, -0.1) is 0 Å². The third-order valence-corrected chi connectivity index (χ3v) is 9.84. The summed E-state index contributed by atoms with van der Waals surface area (Å²) in [6.07, 6.45) is 5.07. The standard InChI is InChI=1S/C44H20N10/c1-48-31-19-27(23-47)18-30(20-31)37(29-16-25(21-45)15-26(17-29)22-46)44-53-40-32(9-5-11-34(40)38-42(53)50-14-13-49-38)33-10-6-12-35-39-43(54(44)41(33)35)51-24-36(52-39)28-7-3-2-4-8-28/h2-20,24H/b44-37+. The van der Waals surface area contributed by atoms with Gasteiger partial charge in [0.2, 0.25) is 0 Å². The first kappa shape index (κ1) is 30.4. The lowest BCUT2D eigenvalue weighted by atomic mass is 9.93. The molecular formula is C44H20N10. The molecule has 10 heteroatoms. The maximum atomic E-state index is 10.2. The normalized spacial score (nSPS) is 11.9. The van der Waals surface area contributed by atoms with Crippen LogP contribution in [0.25, 0.3) is 76.6 Å². The highest BCUT2D eigenvalue weighted by atomic mass is 15.1. The van der Waals surface area contributed by atoms with Crippen molar-refractivity contribution in [1.82, 2.24) is 28.7 Å². The van der Waals surface area contributed by atoms with Crippen LogP contribution < -0.4 is 5.48 Å². The van der Waals surface area contributed by atoms with E-state index in [0.717, 1.165) is 38.1 Å². The molecule has 5 aromatic carbocycles. The molecule has 0 N–H and O–H groups in total. The summed E-state index contributed by atoms with van der Waals surface area (Å²) in [5, 5.41) is 34.2. The molecule has 0 aliphatic heterocycles. The Kier molecular flexibility index (Phi) is 6.50. The van der Waals surface area contributed by atoms with Crippen molar-refractivity contribution < 1.29 is 0 Å². The van der Waals surface area contributed by atoms with Crippen molar-refractivity contribution in [1.29, 1.82) is 15.8 Å². The average Bonchev–Trinajstić information content (AvgIpc) is 3.71. The zero-order valence-corrected chi connectivity index (χ0v) is 28.0. The van der Waals surface area contributed by atoms with Gasteiger partial charge in [-0.3, -0.25) is 13.8 Å². The Morgan fingerprint density at radius 3 is 1.81 bits per heavy atom. The van der Waals surface area contributed by atoms with Gasteiger partial charge in [-0.1, -0.05) is 66.7 Å². The largest absolute Gasteiger partial charge is 0.276 e. The number of rotatable bonds is 3. The molecule has 0 radical (unpaired) electrons. The zero-order chi connectivity index (χ0) is 36.5. The fraction of sp³-hybridized carbons (Fsp3) is 0. The molecule has 0 atom stereocenters. The van der Waals surface area contributed by atoms with Gasteiger partial charge in [0.15, 0.2) is 17.0 Å². The Balaban J connectivity index is 1.61. The van der Waals surface area contributed by atoms with Gasteiger partial charge in [0, 0.05) is 50.6 Å². The number of hydrogen-bond donors (Lipinski definition) is 0. The van der Waals surface area contributed by atoms with Gasteiger partial charge in [-0.05, 0) is 47.5 Å². The van der Waals surface area contributed by atoms with E-state index in [1.165, 1.54) is 12.1 Å². The second-order valence-corrected chi connectivity index (χ2v) is 12.8. The van der Waals surface area contributed by atoms with Crippen LogP contribution in [-0.4, -0.2) is 28.7 Å². The molecule has 0 amide bonds. The molecule has 0 aliphatic carbocycles. The van der Waals surface area contributed by atoms with Crippen LogP contribution >= 0.6 is 0 Å². The van der Waals surface area contributed by atoms with Crippen LogP contribution in [0.4, 0.5) is 5.69 Å². The number of nitrogens with zero attached hydrogens (tertiary/aromatic N) is 10. The van der Waals surface area contributed by atoms with Gasteiger partial charge in [0.1, 0.15) is 16.5 Å². The molecule has 10 rings (SSSR count). The van der Waals surface area contributed by atoms with Crippen LogP contribution in [-0.2, 0) is 0 Å². The second-order valence-electron chi connectivity index (χ2n) is 12.8. The third kappa shape index (κ3) is 4.29. The summed E-state index contributed by atoms with van der Waals surface area (Å²) in [6.45, 7) is 7.97. The molecule has 0 aliphatic rings. The molecule has 0 spiro atoms. The average molecular weight is 689 g/mol. The van der Waals surface area contributed by atoms with Crippen LogP contribution in [0, 0.1) is 40.6 Å². The lowest BCUT2D eigenvalue weighted by Crippen LogP contribution is -2.25. The van der Waals surface area contributed by atoms with Gasteiger partial charge >= 0.3 is 0 Å². The minimum Gasteiger partial charge on any atom is -0.276 e. The molecule has 54 heavy (non-hydrogen) atoms. The summed E-state index contributed by atoms with van der Waals surface area (Å²) >= 11 is 0. The topological polar surface area (TPSA) is 136 Å². The molecule has 10 aromatic rings. The van der Waals surface area contributed by atoms with Crippen molar-refractivity contribution >= 4 is 66.2 Å². The molecule has 5 aromatic heterocycles. The van der Waals surface area contributed by atoms with Crippen molar-refractivity contribution in [2.75, 3.05) is 0 Å². The first-order chi connectivity index (χ1) is 26.6. The van der Waals surface area contributed by atoms with Crippen molar-refractivity contribution in [3.63, 3.8) is 0 Å². The predicted molar refractivity (Wildman–Crippen MR) is 205 cm³/mol. The Labute approximate surface area is 305 Å². The monoisotopic (exact) mass is 688 g/mol. The number of hydrogen-bond acceptors (Lipinski definition) is 7. The first-order valence-corrected chi connectivity index (χ1v) is 16.8. The Hall–Kier alpha value is -8.44. The predicted octanol–water partition coefficient (Wildman–Crippen LogP) is 8.18. The van der Waals surface area contributed by atoms with Gasteiger partial charge in [-0.2, -0.15) is 15.8 Å². The van der Waals surface area contributed by atoms with Crippen LogP contribution in [0.3, 0.4) is 0 Å². The molecule has 0 saturated heterocycles. The Morgan fingerprint density at radius 1 is 0.593 bits per heavy atom. The molecular weight excluding hydrogens is 669 g/mol. The molecule has 0 bridgehead atoms. The van der Waals surface area contributed by atoms with E-state index >= 15 is 0 Å². The quantitative estimate of drug-likeness (QED) is 0.171. The minimum atomic E-state index is 0.255. The number of para-hydroxylation sites is 2. The van der Waals surface area contributed by atoms with E-state index in [-0.39, 0.29) is 22.4 Å². The van der Waals surface area contributed by atoms with Gasteiger partial charge in [0.05, 0.1) is 58.8 Å². The number of nitriles is 3.